The smallest absolute Gasteiger partial charge is 0.303 e. The molecule has 0 bridgehead atoms. The van der Waals surface area contributed by atoms with E-state index in [1.807, 2.05) is 0 Å². The molecule has 6 heteroatoms. The van der Waals surface area contributed by atoms with Crippen molar-refractivity contribution < 1.29 is 29.5 Å². The fraction of sp³-hybridized carbons (Fsp3) is 0.947. The lowest BCUT2D eigenvalue weighted by molar-refractivity contribution is -0.518. The van der Waals surface area contributed by atoms with Crippen molar-refractivity contribution in [3.63, 3.8) is 0 Å². The Morgan fingerprint density at radius 1 is 0.800 bits per heavy atom. The molecule has 0 atom stereocenters. The Morgan fingerprint density at radius 3 is 1.68 bits per heavy atom. The minimum absolute atomic E-state index is 0.177. The van der Waals surface area contributed by atoms with Gasteiger partial charge in [0, 0.05) is 19.3 Å². The van der Waals surface area contributed by atoms with Crippen LogP contribution in [0.2, 0.25) is 0 Å². The van der Waals surface area contributed by atoms with E-state index in [0.29, 0.717) is 26.1 Å². The van der Waals surface area contributed by atoms with Crippen LogP contribution in [-0.4, -0.2) is 30.1 Å². The lowest BCUT2D eigenvalue weighted by Gasteiger charge is -2.36. The number of hydrogen-bond donors (Lipinski definition) is 1. The molecular formula is C19H34O6. The summed E-state index contributed by atoms with van der Waals surface area (Å²) in [4.78, 5) is 33.0. The number of carbonyl (C=O) groups is 1. The predicted molar refractivity (Wildman–Crippen MR) is 92.6 cm³/mol. The fourth-order valence-corrected chi connectivity index (χ4v) is 3.61. The lowest BCUT2D eigenvalue weighted by atomic mass is 9.83. The number of carboxylic acid groups (broad SMARTS) is 1. The molecule has 1 saturated carbocycles. The van der Waals surface area contributed by atoms with Gasteiger partial charge in [-0.2, -0.15) is 9.78 Å². The Labute approximate surface area is 151 Å². The maximum absolute atomic E-state index is 10.9. The third-order valence-electron chi connectivity index (χ3n) is 5.21. The van der Waals surface area contributed by atoms with Crippen molar-refractivity contribution in [2.45, 2.75) is 95.7 Å². The topological polar surface area (TPSA) is 74.2 Å². The number of carboxylic acids is 1. The molecule has 0 aromatic carbocycles. The summed E-state index contributed by atoms with van der Waals surface area (Å²) < 4.78 is 0. The van der Waals surface area contributed by atoms with Crippen LogP contribution >= 0.6 is 0 Å². The highest BCUT2D eigenvalue weighted by Gasteiger charge is 2.40. The molecule has 25 heavy (non-hydrogen) atoms. The highest BCUT2D eigenvalue weighted by Crippen LogP contribution is 2.37. The fourth-order valence-electron chi connectivity index (χ4n) is 3.61. The third kappa shape index (κ3) is 8.49. The molecule has 1 aliphatic carbocycles. The van der Waals surface area contributed by atoms with E-state index in [1.165, 1.54) is 32.1 Å². The predicted octanol–water partition coefficient (Wildman–Crippen LogP) is 4.77. The van der Waals surface area contributed by atoms with Crippen molar-refractivity contribution in [2.75, 3.05) is 13.2 Å². The van der Waals surface area contributed by atoms with Gasteiger partial charge in [-0.15, -0.1) is 0 Å². The molecule has 1 aliphatic heterocycles. The van der Waals surface area contributed by atoms with Gasteiger partial charge in [0.25, 0.3) is 0 Å². The number of hydrogen-bond acceptors (Lipinski definition) is 5. The van der Waals surface area contributed by atoms with Crippen LogP contribution in [0.1, 0.15) is 89.9 Å². The van der Waals surface area contributed by atoms with Gasteiger partial charge in [0.2, 0.25) is 5.79 Å². The molecule has 1 heterocycles. The minimum Gasteiger partial charge on any atom is -0.481 e. The summed E-state index contributed by atoms with van der Waals surface area (Å²) in [5.74, 6) is -1.45. The monoisotopic (exact) mass is 358 g/mol. The first-order valence-electron chi connectivity index (χ1n) is 10.0. The second-order valence-electron chi connectivity index (χ2n) is 7.44. The van der Waals surface area contributed by atoms with Crippen LogP contribution < -0.4 is 0 Å². The van der Waals surface area contributed by atoms with Gasteiger partial charge in [-0.3, -0.25) is 4.79 Å². The molecular weight excluding hydrogens is 324 g/mol. The molecule has 2 fully saturated rings. The Balaban J connectivity index is 1.80. The Morgan fingerprint density at radius 2 is 1.24 bits per heavy atom. The molecule has 0 unspecified atom stereocenters. The SMILES string of the molecule is O=C(O)CC1CCC2(CC1)OOCCCCCCCCCCCOO2. The van der Waals surface area contributed by atoms with Crippen LogP contribution in [-0.2, 0) is 24.3 Å². The third-order valence-corrected chi connectivity index (χ3v) is 5.21. The van der Waals surface area contributed by atoms with Gasteiger partial charge in [0.1, 0.15) is 0 Å². The Kier molecular flexibility index (Phi) is 9.76. The van der Waals surface area contributed by atoms with E-state index in [9.17, 15) is 4.79 Å². The van der Waals surface area contributed by atoms with Gasteiger partial charge in [-0.05, 0) is 31.6 Å². The molecule has 0 amide bonds. The van der Waals surface area contributed by atoms with Crippen LogP contribution in [0.5, 0.6) is 0 Å². The maximum atomic E-state index is 10.9. The molecule has 0 aromatic rings. The average Bonchev–Trinajstić information content (AvgIpc) is 2.59. The van der Waals surface area contributed by atoms with E-state index in [-0.39, 0.29) is 12.3 Å². The second-order valence-corrected chi connectivity index (χ2v) is 7.44. The molecule has 2 aliphatic rings. The largest absolute Gasteiger partial charge is 0.481 e. The second kappa shape index (κ2) is 11.8. The van der Waals surface area contributed by atoms with Gasteiger partial charge in [-0.1, -0.05) is 44.9 Å². The van der Waals surface area contributed by atoms with E-state index < -0.39 is 11.8 Å². The summed E-state index contributed by atoms with van der Waals surface area (Å²) in [6.45, 7) is 1.12. The zero-order valence-corrected chi connectivity index (χ0v) is 15.4. The molecule has 1 saturated heterocycles. The summed E-state index contributed by atoms with van der Waals surface area (Å²) in [7, 11) is 0. The molecule has 0 aromatic heterocycles. The molecule has 1 N–H and O–H groups in total. The molecule has 146 valence electrons. The summed E-state index contributed by atoms with van der Waals surface area (Å²) >= 11 is 0. The van der Waals surface area contributed by atoms with Crippen LogP contribution in [0, 0.1) is 5.92 Å². The Hall–Kier alpha value is -0.690. The van der Waals surface area contributed by atoms with Gasteiger partial charge in [0.15, 0.2) is 0 Å². The Bertz CT molecular complexity index is 347. The van der Waals surface area contributed by atoms with Crippen LogP contribution in [0.3, 0.4) is 0 Å². The quantitative estimate of drug-likeness (QED) is 0.717. The van der Waals surface area contributed by atoms with Gasteiger partial charge in [-0.25, -0.2) is 9.78 Å². The molecule has 2 rings (SSSR count). The van der Waals surface area contributed by atoms with Gasteiger partial charge < -0.3 is 5.11 Å². The first-order chi connectivity index (χ1) is 12.2. The first-order valence-corrected chi connectivity index (χ1v) is 10.0. The zero-order valence-electron chi connectivity index (χ0n) is 15.4. The normalized spacial score (nSPS) is 25.6. The van der Waals surface area contributed by atoms with Crippen molar-refractivity contribution in [1.82, 2.24) is 0 Å². The zero-order chi connectivity index (χ0) is 17.8. The van der Waals surface area contributed by atoms with E-state index in [0.717, 1.165) is 38.5 Å². The average molecular weight is 358 g/mol. The van der Waals surface area contributed by atoms with Crippen LogP contribution in [0.4, 0.5) is 0 Å². The van der Waals surface area contributed by atoms with Crippen molar-refractivity contribution in [3.8, 4) is 0 Å². The van der Waals surface area contributed by atoms with Crippen molar-refractivity contribution in [1.29, 1.82) is 0 Å². The summed E-state index contributed by atoms with van der Waals surface area (Å²) in [5.41, 5.74) is 0. The highest BCUT2D eigenvalue weighted by molar-refractivity contribution is 5.67. The van der Waals surface area contributed by atoms with Gasteiger partial charge in [0.05, 0.1) is 13.2 Å². The summed E-state index contributed by atoms with van der Waals surface area (Å²) in [6, 6.07) is 0. The summed E-state index contributed by atoms with van der Waals surface area (Å²) in [5, 5.41) is 8.96. The highest BCUT2D eigenvalue weighted by atomic mass is 17.3. The lowest BCUT2D eigenvalue weighted by Crippen LogP contribution is -2.40. The van der Waals surface area contributed by atoms with Crippen molar-refractivity contribution in [3.05, 3.63) is 0 Å². The van der Waals surface area contributed by atoms with E-state index >= 15 is 0 Å². The van der Waals surface area contributed by atoms with Crippen LogP contribution in [0.15, 0.2) is 0 Å². The number of aliphatic carboxylic acids is 1. The van der Waals surface area contributed by atoms with Crippen molar-refractivity contribution >= 4 is 5.97 Å². The van der Waals surface area contributed by atoms with Crippen molar-refractivity contribution in [2.24, 2.45) is 5.92 Å². The molecule has 1 spiro atoms. The summed E-state index contributed by atoms with van der Waals surface area (Å²) in [6.07, 6.45) is 13.6. The minimum atomic E-state index is -0.883. The van der Waals surface area contributed by atoms with Crippen LogP contribution in [0.25, 0.3) is 0 Å². The maximum Gasteiger partial charge on any atom is 0.303 e. The van der Waals surface area contributed by atoms with E-state index in [4.69, 9.17) is 24.7 Å². The van der Waals surface area contributed by atoms with Gasteiger partial charge >= 0.3 is 5.97 Å². The van der Waals surface area contributed by atoms with E-state index in [2.05, 4.69) is 0 Å². The standard InChI is InChI=1S/C19H34O6/c20-18(21)16-17-10-12-19(13-11-17)24-22-14-8-6-4-2-1-3-5-7-9-15-23-25-19/h17H,1-16H2,(H,20,21). The molecule has 0 radical (unpaired) electrons. The molecule has 6 nitrogen and oxygen atoms in total. The first kappa shape index (κ1) is 20.6. The van der Waals surface area contributed by atoms with E-state index in [1.54, 1.807) is 0 Å². The number of rotatable bonds is 2.